The summed E-state index contributed by atoms with van der Waals surface area (Å²) in [6.07, 6.45) is 10.3. The molecule has 9 heteroatoms. The Morgan fingerprint density at radius 1 is 1.05 bits per heavy atom. The van der Waals surface area contributed by atoms with Crippen LogP contribution in [0.3, 0.4) is 0 Å². The summed E-state index contributed by atoms with van der Waals surface area (Å²) in [7, 11) is 1.58. The van der Waals surface area contributed by atoms with Gasteiger partial charge in [-0.1, -0.05) is 38.1 Å². The van der Waals surface area contributed by atoms with Crippen LogP contribution in [0.5, 0.6) is 5.75 Å². The number of ether oxygens (including phenoxy) is 1. The van der Waals surface area contributed by atoms with E-state index >= 15 is 0 Å². The van der Waals surface area contributed by atoms with Crippen LogP contribution in [0.1, 0.15) is 90.3 Å². The average molecular weight is 560 g/mol. The second-order valence-corrected chi connectivity index (χ2v) is 14.3. The maximum absolute atomic E-state index is 14.6. The molecule has 9 rings (SSSR count). The summed E-state index contributed by atoms with van der Waals surface area (Å²) in [5, 5.41) is 4.44. The monoisotopic (exact) mass is 559 g/mol. The highest BCUT2D eigenvalue weighted by Crippen LogP contribution is 2.70. The summed E-state index contributed by atoms with van der Waals surface area (Å²) in [6.45, 7) is 6.90. The summed E-state index contributed by atoms with van der Waals surface area (Å²) >= 11 is 0. The second kappa shape index (κ2) is 8.82. The highest BCUT2D eigenvalue weighted by molar-refractivity contribution is 6.00. The summed E-state index contributed by atoms with van der Waals surface area (Å²) in [6, 6.07) is 7.89. The topological polar surface area (TPSA) is 94.2 Å². The van der Waals surface area contributed by atoms with Gasteiger partial charge in [0.2, 0.25) is 11.8 Å². The molecular weight excluding hydrogens is 521 g/mol. The third-order valence-electron chi connectivity index (χ3n) is 10.4. The molecule has 2 aromatic heterocycles. The number of halogens is 1. The summed E-state index contributed by atoms with van der Waals surface area (Å²) < 4.78 is 25.4. The zero-order valence-corrected chi connectivity index (χ0v) is 24.4. The molecule has 6 fully saturated rings. The number of benzene rings is 1. The van der Waals surface area contributed by atoms with Gasteiger partial charge in [0.15, 0.2) is 17.4 Å². The third-order valence-corrected chi connectivity index (χ3v) is 10.4. The van der Waals surface area contributed by atoms with E-state index in [1.165, 1.54) is 0 Å². The summed E-state index contributed by atoms with van der Waals surface area (Å²) in [5.74, 6) is 2.76. The van der Waals surface area contributed by atoms with E-state index < -0.39 is 11.1 Å². The van der Waals surface area contributed by atoms with Crippen molar-refractivity contribution >= 4 is 11.6 Å². The highest BCUT2D eigenvalue weighted by atomic mass is 19.1. The van der Waals surface area contributed by atoms with Gasteiger partial charge in [-0.15, -0.1) is 0 Å². The Morgan fingerprint density at radius 2 is 1.71 bits per heavy atom. The molecule has 2 heterocycles. The van der Waals surface area contributed by atoms with Crippen LogP contribution in [0.25, 0.3) is 11.4 Å². The molecule has 3 aromatic rings. The maximum Gasteiger partial charge on any atom is 0.233 e. The normalized spacial score (nSPS) is 31.7. The quantitative estimate of drug-likeness (QED) is 0.333. The van der Waals surface area contributed by atoms with Crippen molar-refractivity contribution in [2.24, 2.45) is 10.8 Å². The molecule has 0 radical (unpaired) electrons. The van der Waals surface area contributed by atoms with E-state index in [4.69, 9.17) is 14.2 Å². The Labute approximate surface area is 240 Å². The van der Waals surface area contributed by atoms with E-state index in [-0.39, 0.29) is 22.2 Å². The number of rotatable bonds is 7. The highest BCUT2D eigenvalue weighted by Gasteiger charge is 2.73. The van der Waals surface area contributed by atoms with Gasteiger partial charge in [0, 0.05) is 28.6 Å². The third kappa shape index (κ3) is 4.26. The summed E-state index contributed by atoms with van der Waals surface area (Å²) in [5.41, 5.74) is -0.252. The first kappa shape index (κ1) is 26.5. The Bertz CT molecular complexity index is 1450. The number of aromatic nitrogens is 4. The van der Waals surface area contributed by atoms with Gasteiger partial charge in [0.25, 0.3) is 0 Å². The molecule has 1 aromatic carbocycles. The van der Waals surface area contributed by atoms with Crippen molar-refractivity contribution in [3.05, 3.63) is 48.4 Å². The first-order chi connectivity index (χ1) is 19.5. The number of carbonyl (C=O) groups is 1. The van der Waals surface area contributed by atoms with E-state index in [0.717, 1.165) is 55.6 Å². The number of amides is 1. The molecule has 0 N–H and O–H groups in total. The zero-order valence-electron chi connectivity index (χ0n) is 24.4. The predicted molar refractivity (Wildman–Crippen MR) is 151 cm³/mol. The lowest BCUT2D eigenvalue weighted by molar-refractivity contribution is -0.211. The fourth-order valence-electron chi connectivity index (χ4n) is 7.76. The van der Waals surface area contributed by atoms with Gasteiger partial charge in [-0.25, -0.2) is 14.4 Å². The van der Waals surface area contributed by atoms with Crippen LogP contribution in [0.4, 0.5) is 10.1 Å². The van der Waals surface area contributed by atoms with Crippen molar-refractivity contribution in [1.82, 2.24) is 20.1 Å². The molecule has 1 amide bonds. The Kier molecular flexibility index (Phi) is 5.71. The van der Waals surface area contributed by atoms with Gasteiger partial charge in [0.1, 0.15) is 5.67 Å². The minimum atomic E-state index is -1.13. The Hall–Kier alpha value is -3.36. The van der Waals surface area contributed by atoms with Gasteiger partial charge >= 0.3 is 0 Å². The van der Waals surface area contributed by atoms with Crippen molar-refractivity contribution in [3.63, 3.8) is 0 Å². The van der Waals surface area contributed by atoms with E-state index in [0.29, 0.717) is 43.3 Å². The fraction of sp³-hybridized carbons (Fsp3) is 0.594. The lowest BCUT2D eigenvalue weighted by atomic mass is 9.41. The molecule has 0 saturated heterocycles. The number of hydrogen-bond acceptors (Lipinski definition) is 7. The van der Waals surface area contributed by atoms with Gasteiger partial charge in [-0.3, -0.25) is 4.79 Å². The number of anilines is 1. The van der Waals surface area contributed by atoms with Crippen molar-refractivity contribution in [2.75, 3.05) is 18.6 Å². The first-order valence-electron chi connectivity index (χ1n) is 14.8. The van der Waals surface area contributed by atoms with Gasteiger partial charge < -0.3 is 14.2 Å². The molecule has 0 unspecified atom stereocenters. The molecule has 0 atom stereocenters. The molecular formula is C32H38FN5O3. The zero-order chi connectivity index (χ0) is 28.7. The van der Waals surface area contributed by atoms with Crippen molar-refractivity contribution < 1.29 is 18.4 Å². The minimum Gasteiger partial charge on any atom is -0.494 e. The number of carbonyl (C=O) groups excluding carboxylic acids is 1. The molecule has 41 heavy (non-hydrogen) atoms. The van der Waals surface area contributed by atoms with Crippen molar-refractivity contribution in [2.45, 2.75) is 95.1 Å². The number of nitrogens with zero attached hydrogens (tertiary/aromatic N) is 5. The van der Waals surface area contributed by atoms with E-state index in [9.17, 15) is 9.18 Å². The van der Waals surface area contributed by atoms with Crippen molar-refractivity contribution in [3.8, 4) is 17.1 Å². The van der Waals surface area contributed by atoms with Gasteiger partial charge in [0.05, 0.1) is 24.9 Å². The molecule has 0 aliphatic heterocycles. The fourth-order valence-corrected chi connectivity index (χ4v) is 7.76. The average Bonchev–Trinajstić information content (AvgIpc) is 3.47. The molecule has 6 saturated carbocycles. The standard InChI is InChI=1S/C32H38FN5O3/c1-28(2,3)26-36-25(37-41-26)30-11-8-29(9-12-30,10-13-30)20-38(27(39)31-17-32(33,18-31)19-31)22-7-5-6-21(14-22)24-34-15-23(40-4)16-35-24/h5-7,14-16H,8-13,17-20H2,1-4H3. The molecule has 6 aliphatic rings. The van der Waals surface area contributed by atoms with Crippen LogP contribution in [-0.2, 0) is 15.6 Å². The van der Waals surface area contributed by atoms with E-state index in [2.05, 4.69) is 35.9 Å². The maximum atomic E-state index is 14.6. The lowest BCUT2D eigenvalue weighted by Gasteiger charge is -2.65. The number of alkyl halides is 1. The number of hydrogen-bond donors (Lipinski definition) is 0. The van der Waals surface area contributed by atoms with Crippen LogP contribution >= 0.6 is 0 Å². The Morgan fingerprint density at radius 3 is 2.27 bits per heavy atom. The van der Waals surface area contributed by atoms with Crippen LogP contribution in [0, 0.1) is 10.8 Å². The molecule has 0 spiro atoms. The lowest BCUT2D eigenvalue weighted by Crippen LogP contribution is -2.71. The van der Waals surface area contributed by atoms with E-state index in [1.807, 2.05) is 29.2 Å². The largest absolute Gasteiger partial charge is 0.494 e. The predicted octanol–water partition coefficient (Wildman–Crippen LogP) is 6.35. The van der Waals surface area contributed by atoms with Crippen molar-refractivity contribution in [1.29, 1.82) is 0 Å². The van der Waals surface area contributed by atoms with Crippen LogP contribution in [-0.4, -0.2) is 45.3 Å². The Balaban J connectivity index is 1.16. The van der Waals surface area contributed by atoms with Crippen LogP contribution in [0.2, 0.25) is 0 Å². The molecule has 4 bridgehead atoms. The van der Waals surface area contributed by atoms with E-state index in [1.54, 1.807) is 19.5 Å². The number of methoxy groups -OCH3 is 1. The van der Waals surface area contributed by atoms with Crippen LogP contribution < -0.4 is 9.64 Å². The smallest absolute Gasteiger partial charge is 0.233 e. The first-order valence-corrected chi connectivity index (χ1v) is 14.8. The molecule has 6 aliphatic carbocycles. The van der Waals surface area contributed by atoms with Crippen LogP contribution in [0.15, 0.2) is 41.2 Å². The number of fused-ring (bicyclic) bond motifs is 3. The minimum absolute atomic E-state index is 0.0115. The van der Waals surface area contributed by atoms with Gasteiger partial charge in [-0.2, -0.15) is 4.98 Å². The second-order valence-electron chi connectivity index (χ2n) is 14.3. The van der Waals surface area contributed by atoms with Gasteiger partial charge in [-0.05, 0) is 75.3 Å². The molecule has 216 valence electrons. The summed E-state index contributed by atoms with van der Waals surface area (Å²) in [4.78, 5) is 29.9. The molecule has 8 nitrogen and oxygen atoms in total. The SMILES string of the molecule is COc1cnc(-c2cccc(N(CC34CCC(c5noc(C(C)(C)C)n5)(CC3)CC4)C(=O)C34CC(F)(C3)C4)c2)nc1.